The van der Waals surface area contributed by atoms with E-state index in [4.69, 9.17) is 5.26 Å². The summed E-state index contributed by atoms with van der Waals surface area (Å²) in [6.45, 7) is 1.97. The van der Waals surface area contributed by atoms with Gasteiger partial charge in [0.2, 0.25) is 0 Å². The zero-order chi connectivity index (χ0) is 8.41. The van der Waals surface area contributed by atoms with Crippen LogP contribution in [0.3, 0.4) is 0 Å². The van der Waals surface area contributed by atoms with Gasteiger partial charge in [0.25, 0.3) is 0 Å². The van der Waals surface area contributed by atoms with Gasteiger partial charge in [-0.1, -0.05) is 0 Å². The molecule has 0 saturated carbocycles. The molecule has 0 fully saturated rings. The highest BCUT2D eigenvalue weighted by molar-refractivity contribution is 4.95. The van der Waals surface area contributed by atoms with E-state index in [1.54, 1.807) is 0 Å². The second-order valence-electron chi connectivity index (χ2n) is 3.83. The van der Waals surface area contributed by atoms with E-state index in [0.717, 1.165) is 0 Å². The standard InChI is InChI=1S/C7H15N2O/c1-7(10,5-8)6-9(2,3)4/h10H,6H2,1-4H3/q+1. The minimum atomic E-state index is -1.20. The zero-order valence-electron chi connectivity index (χ0n) is 7.05. The van der Waals surface area contributed by atoms with E-state index in [-0.39, 0.29) is 0 Å². The van der Waals surface area contributed by atoms with E-state index < -0.39 is 5.60 Å². The van der Waals surface area contributed by atoms with Crippen molar-refractivity contribution in [3.8, 4) is 6.07 Å². The van der Waals surface area contributed by atoms with Gasteiger partial charge in [-0.05, 0) is 6.92 Å². The normalized spacial score (nSPS) is 17.6. The van der Waals surface area contributed by atoms with E-state index in [0.29, 0.717) is 11.0 Å². The molecule has 3 heteroatoms. The van der Waals surface area contributed by atoms with Crippen molar-refractivity contribution in [1.82, 2.24) is 0 Å². The van der Waals surface area contributed by atoms with Crippen molar-refractivity contribution >= 4 is 0 Å². The molecule has 0 amide bonds. The highest BCUT2D eigenvalue weighted by atomic mass is 16.3. The van der Waals surface area contributed by atoms with Crippen molar-refractivity contribution in [2.75, 3.05) is 27.7 Å². The smallest absolute Gasteiger partial charge is 0.197 e. The SMILES string of the molecule is CC(O)(C#N)C[N+](C)(C)C. The van der Waals surface area contributed by atoms with Crippen LogP contribution < -0.4 is 0 Å². The van der Waals surface area contributed by atoms with Gasteiger partial charge in [-0.3, -0.25) is 0 Å². The van der Waals surface area contributed by atoms with Gasteiger partial charge in [-0.2, -0.15) is 5.26 Å². The minimum Gasteiger partial charge on any atom is -0.371 e. The summed E-state index contributed by atoms with van der Waals surface area (Å²) in [5.74, 6) is 0. The van der Waals surface area contributed by atoms with Crippen LogP contribution in [0.5, 0.6) is 0 Å². The summed E-state index contributed by atoms with van der Waals surface area (Å²) in [5.41, 5.74) is -1.20. The Morgan fingerprint density at radius 1 is 1.50 bits per heavy atom. The Hall–Kier alpha value is -0.590. The molecule has 0 saturated heterocycles. The van der Waals surface area contributed by atoms with Crippen LogP contribution in [0, 0.1) is 11.3 Å². The fourth-order valence-electron chi connectivity index (χ4n) is 0.959. The molecule has 0 radical (unpaired) electrons. The van der Waals surface area contributed by atoms with Gasteiger partial charge in [0.1, 0.15) is 12.6 Å². The van der Waals surface area contributed by atoms with Crippen LogP contribution in [0.25, 0.3) is 0 Å². The lowest BCUT2D eigenvalue weighted by Gasteiger charge is -2.28. The predicted octanol–water partition coefficient (Wildman–Crippen LogP) is -0.0328. The monoisotopic (exact) mass is 143 g/mol. The Labute approximate surface area is 62.1 Å². The van der Waals surface area contributed by atoms with Crippen LogP contribution in [0.15, 0.2) is 0 Å². The highest BCUT2D eigenvalue weighted by Crippen LogP contribution is 2.05. The lowest BCUT2D eigenvalue weighted by atomic mass is 10.1. The lowest BCUT2D eigenvalue weighted by Crippen LogP contribution is -2.46. The van der Waals surface area contributed by atoms with E-state index in [2.05, 4.69) is 0 Å². The maximum absolute atomic E-state index is 9.28. The molecule has 0 rings (SSSR count). The van der Waals surface area contributed by atoms with Crippen LogP contribution in [-0.4, -0.2) is 42.9 Å². The maximum atomic E-state index is 9.28. The molecule has 1 N–H and O–H groups in total. The Bertz CT molecular complexity index is 150. The molecule has 0 heterocycles. The average molecular weight is 143 g/mol. The average Bonchev–Trinajstić information content (AvgIpc) is 1.60. The number of nitriles is 1. The molecule has 0 aliphatic carbocycles. The first-order valence-electron chi connectivity index (χ1n) is 3.21. The Kier molecular flexibility index (Phi) is 2.42. The van der Waals surface area contributed by atoms with Gasteiger partial charge < -0.3 is 9.59 Å². The van der Waals surface area contributed by atoms with Crippen LogP contribution in [0.1, 0.15) is 6.92 Å². The molecule has 1 atom stereocenters. The number of likely N-dealkylation sites (N-methyl/N-ethyl adjacent to an activating group) is 1. The summed E-state index contributed by atoms with van der Waals surface area (Å²) in [6.07, 6.45) is 0. The third kappa shape index (κ3) is 4.30. The van der Waals surface area contributed by atoms with Crippen molar-refractivity contribution in [1.29, 1.82) is 5.26 Å². The van der Waals surface area contributed by atoms with E-state index >= 15 is 0 Å². The van der Waals surface area contributed by atoms with E-state index in [9.17, 15) is 5.11 Å². The second kappa shape index (κ2) is 2.57. The van der Waals surface area contributed by atoms with Crippen molar-refractivity contribution in [2.45, 2.75) is 12.5 Å². The van der Waals surface area contributed by atoms with Crippen LogP contribution in [0.2, 0.25) is 0 Å². The fourth-order valence-corrected chi connectivity index (χ4v) is 0.959. The highest BCUT2D eigenvalue weighted by Gasteiger charge is 2.27. The molecule has 0 aromatic carbocycles. The summed E-state index contributed by atoms with van der Waals surface area (Å²) >= 11 is 0. The third-order valence-corrected chi connectivity index (χ3v) is 1.02. The Morgan fingerprint density at radius 3 is 2.00 bits per heavy atom. The maximum Gasteiger partial charge on any atom is 0.197 e. The van der Waals surface area contributed by atoms with Gasteiger partial charge in [0.05, 0.1) is 21.1 Å². The summed E-state index contributed by atoms with van der Waals surface area (Å²) in [7, 11) is 5.81. The number of aliphatic hydroxyl groups is 1. The van der Waals surface area contributed by atoms with E-state index in [1.807, 2.05) is 27.2 Å². The zero-order valence-corrected chi connectivity index (χ0v) is 7.05. The van der Waals surface area contributed by atoms with Gasteiger partial charge in [-0.15, -0.1) is 0 Å². The summed E-state index contributed by atoms with van der Waals surface area (Å²) in [6, 6.07) is 1.84. The van der Waals surface area contributed by atoms with E-state index in [1.165, 1.54) is 6.92 Å². The Balaban J connectivity index is 4.05. The molecule has 0 aliphatic heterocycles. The van der Waals surface area contributed by atoms with Gasteiger partial charge in [0, 0.05) is 0 Å². The molecule has 0 spiro atoms. The second-order valence-corrected chi connectivity index (χ2v) is 3.83. The summed E-state index contributed by atoms with van der Waals surface area (Å²) in [4.78, 5) is 0. The van der Waals surface area contributed by atoms with Gasteiger partial charge in [0.15, 0.2) is 5.60 Å². The molecule has 10 heavy (non-hydrogen) atoms. The molecule has 58 valence electrons. The Morgan fingerprint density at radius 2 is 1.90 bits per heavy atom. The molecule has 0 aromatic heterocycles. The molecule has 0 aliphatic rings. The molecular weight excluding hydrogens is 128 g/mol. The molecule has 1 unspecified atom stereocenters. The number of hydrogen-bond donors (Lipinski definition) is 1. The van der Waals surface area contributed by atoms with Crippen molar-refractivity contribution < 1.29 is 9.59 Å². The quantitative estimate of drug-likeness (QED) is 0.435. The van der Waals surface area contributed by atoms with Crippen LogP contribution in [0.4, 0.5) is 0 Å². The molecular formula is C7H15N2O+. The molecule has 0 aromatic rings. The van der Waals surface area contributed by atoms with Gasteiger partial charge >= 0.3 is 0 Å². The lowest BCUT2D eigenvalue weighted by molar-refractivity contribution is -0.875. The first-order chi connectivity index (χ1) is 4.27. The number of hydrogen-bond acceptors (Lipinski definition) is 2. The summed E-state index contributed by atoms with van der Waals surface area (Å²) in [5, 5.41) is 17.7. The third-order valence-electron chi connectivity index (χ3n) is 1.02. The van der Waals surface area contributed by atoms with Crippen molar-refractivity contribution in [3.63, 3.8) is 0 Å². The number of nitrogens with zero attached hydrogens (tertiary/aromatic N) is 2. The van der Waals surface area contributed by atoms with Crippen LogP contribution >= 0.6 is 0 Å². The first-order valence-corrected chi connectivity index (χ1v) is 3.21. The minimum absolute atomic E-state index is 0.448. The number of rotatable bonds is 2. The predicted molar refractivity (Wildman–Crippen MR) is 39.1 cm³/mol. The van der Waals surface area contributed by atoms with Gasteiger partial charge in [-0.25, -0.2) is 0 Å². The number of quaternary nitrogens is 1. The van der Waals surface area contributed by atoms with Crippen LogP contribution in [-0.2, 0) is 0 Å². The topological polar surface area (TPSA) is 44.0 Å². The fraction of sp³-hybridized carbons (Fsp3) is 0.857. The summed E-state index contributed by atoms with van der Waals surface area (Å²) < 4.78 is 0.598. The largest absolute Gasteiger partial charge is 0.371 e. The molecule has 0 bridgehead atoms. The first kappa shape index (κ1) is 9.41. The van der Waals surface area contributed by atoms with Crippen molar-refractivity contribution in [2.24, 2.45) is 0 Å². The van der Waals surface area contributed by atoms with Crippen molar-refractivity contribution in [3.05, 3.63) is 0 Å². The molecule has 3 nitrogen and oxygen atoms in total.